The third-order valence-electron chi connectivity index (χ3n) is 1.37. The van der Waals surface area contributed by atoms with Crippen molar-refractivity contribution in [3.63, 3.8) is 0 Å². The molecule has 0 aliphatic rings. The molecule has 0 amide bonds. The quantitative estimate of drug-likeness (QED) is 0.525. The molecule has 2 atom stereocenters. The first-order chi connectivity index (χ1) is 3.72. The molecule has 0 aliphatic heterocycles. The summed E-state index contributed by atoms with van der Waals surface area (Å²) in [5.74, 6) is 0. The lowest BCUT2D eigenvalue weighted by Crippen LogP contribution is -1.93. The maximum Gasteiger partial charge on any atom is -0.0150 e. The molecule has 0 bridgehead atoms. The maximum absolute atomic E-state index is 2.60. The first-order valence-corrected chi connectivity index (χ1v) is 7.52. The first kappa shape index (κ1) is 9.16. The zero-order valence-electron chi connectivity index (χ0n) is 5.82. The van der Waals surface area contributed by atoms with E-state index in [-0.39, 0.29) is 0 Å². The summed E-state index contributed by atoms with van der Waals surface area (Å²) in [6, 6.07) is 0. The average Bonchev–Trinajstić information content (AvgIpc) is 1.84. The molecule has 0 radical (unpaired) electrons. The van der Waals surface area contributed by atoms with Crippen LogP contribution in [0.15, 0.2) is 0 Å². The number of halogens is 1. The molecular weight excluding hydrogens is 230 g/mol. The van der Waals surface area contributed by atoms with Crippen molar-refractivity contribution in [2.45, 2.75) is 32.9 Å². The lowest BCUT2D eigenvalue weighted by atomic mass is 10.4. The van der Waals surface area contributed by atoms with E-state index < -0.39 is 0 Å². The molecule has 2 heteroatoms. The van der Waals surface area contributed by atoms with E-state index in [0.29, 0.717) is 5.56 Å². The van der Waals surface area contributed by atoms with Gasteiger partial charge in [-0.15, -0.1) is 0 Å². The monoisotopic (exact) mass is 244 g/mol. The molecule has 0 heterocycles. The predicted molar refractivity (Wildman–Crippen MR) is 51.2 cm³/mol. The van der Waals surface area contributed by atoms with Crippen LogP contribution in [0.25, 0.3) is 0 Å². The van der Waals surface area contributed by atoms with Gasteiger partial charge in [-0.05, 0) is 23.8 Å². The molecule has 0 spiro atoms. The highest BCUT2D eigenvalue weighted by molar-refractivity contribution is 14.2. The fourth-order valence-corrected chi connectivity index (χ4v) is 2.71. The van der Waals surface area contributed by atoms with Gasteiger partial charge in [0.1, 0.15) is 0 Å². The van der Waals surface area contributed by atoms with Crippen LogP contribution in [-0.2, 0) is 0 Å². The Bertz CT molecular complexity index is 48.5. The van der Waals surface area contributed by atoms with Crippen LogP contribution in [-0.4, -0.2) is 11.8 Å². The minimum absolute atomic E-state index is 0.330. The van der Waals surface area contributed by atoms with Crippen LogP contribution >= 0.6 is 27.6 Å². The highest BCUT2D eigenvalue weighted by Gasteiger charge is 2.06. The molecule has 0 rings (SSSR count). The zero-order valence-corrected chi connectivity index (χ0v) is 8.87. The van der Waals surface area contributed by atoms with Gasteiger partial charge in [-0.25, -0.2) is 0 Å². The van der Waals surface area contributed by atoms with Gasteiger partial charge in [0.05, 0.1) is 0 Å². The van der Waals surface area contributed by atoms with E-state index in [1.165, 1.54) is 12.6 Å². The second-order valence-electron chi connectivity index (χ2n) is 1.97. The Morgan fingerprint density at radius 2 is 2.00 bits per heavy atom. The van der Waals surface area contributed by atoms with Crippen LogP contribution in [0.2, 0.25) is 0 Å². The van der Waals surface area contributed by atoms with E-state index in [9.17, 15) is 0 Å². The Morgan fingerprint density at radius 3 is 2.12 bits per heavy atom. The van der Waals surface area contributed by atoms with E-state index in [2.05, 4.69) is 42.8 Å². The van der Waals surface area contributed by atoms with Gasteiger partial charge in [-0.3, -0.25) is 0 Å². The van der Waals surface area contributed by atoms with Crippen molar-refractivity contribution in [1.82, 2.24) is 0 Å². The van der Waals surface area contributed by atoms with Crippen LogP contribution in [0.1, 0.15) is 27.2 Å². The van der Waals surface area contributed by atoms with Crippen molar-refractivity contribution in [2.24, 2.45) is 0 Å². The van der Waals surface area contributed by atoms with Crippen molar-refractivity contribution in [3.8, 4) is 0 Å². The van der Waals surface area contributed by atoms with E-state index in [1.54, 1.807) is 0 Å². The fraction of sp³-hybridized carbons (Fsp3) is 1.00. The second-order valence-corrected chi connectivity index (χ2v) is 8.00. The summed E-state index contributed by atoms with van der Waals surface area (Å²) in [6.07, 6.45) is 2.73. The van der Waals surface area contributed by atoms with E-state index >= 15 is 0 Å². The lowest BCUT2D eigenvalue weighted by molar-refractivity contribution is 0.898. The normalized spacial score (nSPS) is 18.0. The van der Waals surface area contributed by atoms with Crippen molar-refractivity contribution < 1.29 is 0 Å². The van der Waals surface area contributed by atoms with E-state index in [1.807, 2.05) is 0 Å². The molecule has 0 N–H and O–H groups in total. The molecule has 50 valence electrons. The Hall–Kier alpha value is 1.16. The van der Waals surface area contributed by atoms with Crippen LogP contribution < -0.4 is 0 Å². The van der Waals surface area contributed by atoms with Crippen LogP contribution in [0, 0.1) is 0 Å². The van der Waals surface area contributed by atoms with Crippen molar-refractivity contribution in [1.29, 1.82) is 0 Å². The summed E-state index contributed by atoms with van der Waals surface area (Å²) >= 11 is 2.60. The molecule has 8 heavy (non-hydrogen) atoms. The standard InChI is InChI=1S/C6H14IP/c1-4-6(3)8(7)5-2/h6H,4-5H2,1-3H3. The number of hydrogen-bond acceptors (Lipinski definition) is 0. The van der Waals surface area contributed by atoms with Crippen molar-refractivity contribution >= 4 is 27.6 Å². The topological polar surface area (TPSA) is 0 Å². The van der Waals surface area contributed by atoms with E-state index in [4.69, 9.17) is 0 Å². The molecule has 0 aromatic rings. The lowest BCUT2D eigenvalue weighted by Gasteiger charge is -2.13. The third kappa shape index (κ3) is 3.24. The van der Waals surface area contributed by atoms with Gasteiger partial charge < -0.3 is 0 Å². The van der Waals surface area contributed by atoms with Gasteiger partial charge >= 0.3 is 0 Å². The van der Waals surface area contributed by atoms with Gasteiger partial charge in [-0.2, -0.15) is 0 Å². The second kappa shape index (κ2) is 4.99. The maximum atomic E-state index is 2.60. The molecule has 0 aromatic carbocycles. The van der Waals surface area contributed by atoms with Crippen LogP contribution in [0.3, 0.4) is 0 Å². The summed E-state index contributed by atoms with van der Waals surface area (Å²) in [7, 11) is 0. The summed E-state index contributed by atoms with van der Waals surface area (Å²) < 4.78 is 0. The SMILES string of the molecule is CCC(C)P(I)CC. The summed E-state index contributed by atoms with van der Waals surface area (Å²) in [5.41, 5.74) is 1.30. The minimum Gasteiger partial charge on any atom is -0.0648 e. The first-order valence-electron chi connectivity index (χ1n) is 3.14. The molecular formula is C6H14IP. The average molecular weight is 244 g/mol. The fourth-order valence-electron chi connectivity index (χ4n) is 0.510. The molecule has 0 aromatic heterocycles. The predicted octanol–water partition coefficient (Wildman–Crippen LogP) is 3.64. The molecule has 0 aliphatic carbocycles. The molecule has 0 nitrogen and oxygen atoms in total. The summed E-state index contributed by atoms with van der Waals surface area (Å²) in [6.45, 7) is 6.90. The van der Waals surface area contributed by atoms with Gasteiger partial charge in [0, 0.05) is 0 Å². The molecule has 0 saturated heterocycles. The Balaban J connectivity index is 3.29. The third-order valence-corrected chi connectivity index (χ3v) is 8.20. The number of hydrogen-bond donors (Lipinski definition) is 0. The van der Waals surface area contributed by atoms with Crippen molar-refractivity contribution in [2.75, 3.05) is 6.16 Å². The van der Waals surface area contributed by atoms with Crippen LogP contribution in [0.4, 0.5) is 0 Å². The van der Waals surface area contributed by atoms with Gasteiger partial charge in [0.25, 0.3) is 0 Å². The van der Waals surface area contributed by atoms with Crippen molar-refractivity contribution in [3.05, 3.63) is 0 Å². The molecule has 0 fully saturated rings. The van der Waals surface area contributed by atoms with E-state index in [0.717, 1.165) is 5.66 Å². The highest BCUT2D eigenvalue weighted by Crippen LogP contribution is 2.50. The Kier molecular flexibility index (Phi) is 5.71. The van der Waals surface area contributed by atoms with Gasteiger partial charge in [0.2, 0.25) is 0 Å². The smallest absolute Gasteiger partial charge is 0.0150 e. The van der Waals surface area contributed by atoms with Crippen LogP contribution in [0.5, 0.6) is 0 Å². The molecule has 2 unspecified atom stereocenters. The Labute approximate surface area is 66.7 Å². The Morgan fingerprint density at radius 1 is 1.50 bits per heavy atom. The number of rotatable bonds is 3. The minimum atomic E-state index is 0.330. The van der Waals surface area contributed by atoms with Gasteiger partial charge in [0.15, 0.2) is 0 Å². The summed E-state index contributed by atoms with van der Waals surface area (Å²) in [5, 5.41) is 0. The highest BCUT2D eigenvalue weighted by atomic mass is 127. The largest absolute Gasteiger partial charge is 0.0648 e. The summed E-state index contributed by atoms with van der Waals surface area (Å²) in [4.78, 5) is 0. The van der Waals surface area contributed by atoms with Gasteiger partial charge in [-0.1, -0.05) is 42.8 Å². The zero-order chi connectivity index (χ0) is 6.57. The molecule has 0 saturated carbocycles.